The molecule has 0 radical (unpaired) electrons. The minimum atomic E-state index is 0.169. The van der Waals surface area contributed by atoms with E-state index in [0.29, 0.717) is 0 Å². The third-order valence-corrected chi connectivity index (χ3v) is 6.07. The smallest absolute Gasteiger partial charge is 0.270 e. The molecule has 26 heavy (non-hydrogen) atoms. The summed E-state index contributed by atoms with van der Waals surface area (Å²) in [5.41, 5.74) is 3.03. The predicted octanol–water partition coefficient (Wildman–Crippen LogP) is 3.78. The molecule has 1 aromatic heterocycles. The molecule has 2 aromatic rings. The van der Waals surface area contributed by atoms with Crippen LogP contribution in [0.15, 0.2) is 42.5 Å². The van der Waals surface area contributed by atoms with E-state index in [1.165, 1.54) is 25.7 Å². The Kier molecular flexibility index (Phi) is 5.11. The Morgan fingerprint density at radius 3 is 2.42 bits per heavy atom. The molecule has 0 atom stereocenters. The van der Waals surface area contributed by atoms with E-state index in [1.807, 2.05) is 35.9 Å². The average molecular weight is 351 g/mol. The largest absolute Gasteiger partial charge is 0.340 e. The van der Waals surface area contributed by atoms with Gasteiger partial charge in [-0.25, -0.2) is 0 Å². The second kappa shape index (κ2) is 7.67. The Morgan fingerprint density at radius 2 is 1.65 bits per heavy atom. The number of nitrogens with zero attached hydrogens (tertiary/aromatic N) is 3. The van der Waals surface area contributed by atoms with Gasteiger partial charge in [0.15, 0.2) is 0 Å². The Morgan fingerprint density at radius 1 is 0.885 bits per heavy atom. The molecule has 0 bridgehead atoms. The van der Waals surface area contributed by atoms with Crippen molar-refractivity contribution < 1.29 is 4.79 Å². The number of benzene rings is 1. The van der Waals surface area contributed by atoms with Crippen molar-refractivity contribution in [2.75, 3.05) is 26.2 Å². The molecule has 4 heteroatoms. The van der Waals surface area contributed by atoms with E-state index in [0.717, 1.165) is 55.6 Å². The fraction of sp³-hybridized carbons (Fsp3) is 0.500. The highest BCUT2D eigenvalue weighted by atomic mass is 16.2. The van der Waals surface area contributed by atoms with E-state index in [9.17, 15) is 4.79 Å². The Bertz CT molecular complexity index is 746. The minimum Gasteiger partial charge on any atom is -0.340 e. The molecule has 2 aliphatic rings. The van der Waals surface area contributed by atoms with Gasteiger partial charge in [-0.05, 0) is 37.0 Å². The summed E-state index contributed by atoms with van der Waals surface area (Å²) in [4.78, 5) is 17.8. The van der Waals surface area contributed by atoms with Crippen LogP contribution >= 0.6 is 0 Å². The van der Waals surface area contributed by atoms with Crippen LogP contribution in [0, 0.1) is 0 Å². The molecule has 4 rings (SSSR count). The molecule has 0 unspecified atom stereocenters. The topological polar surface area (TPSA) is 28.5 Å². The lowest BCUT2D eigenvalue weighted by Crippen LogP contribution is -2.38. The van der Waals surface area contributed by atoms with Crippen LogP contribution in [0.4, 0.5) is 0 Å². The molecular weight excluding hydrogens is 322 g/mol. The van der Waals surface area contributed by atoms with E-state index < -0.39 is 0 Å². The van der Waals surface area contributed by atoms with Crippen LogP contribution in [-0.4, -0.2) is 52.5 Å². The molecule has 1 aliphatic heterocycles. The SMILES string of the molecule is Cn1c(C(=O)N2CCCN(C3CCCC3)CC2)ccc1-c1ccccc1. The van der Waals surface area contributed by atoms with Crippen molar-refractivity contribution in [2.45, 2.75) is 38.1 Å². The summed E-state index contributed by atoms with van der Waals surface area (Å²) in [7, 11) is 2.00. The van der Waals surface area contributed by atoms with E-state index in [2.05, 4.69) is 28.0 Å². The minimum absolute atomic E-state index is 0.169. The maximum absolute atomic E-state index is 13.1. The second-order valence-corrected chi connectivity index (χ2v) is 7.65. The van der Waals surface area contributed by atoms with Gasteiger partial charge >= 0.3 is 0 Å². The van der Waals surface area contributed by atoms with Gasteiger partial charge in [0, 0.05) is 45.0 Å². The van der Waals surface area contributed by atoms with Crippen molar-refractivity contribution >= 4 is 5.91 Å². The fourth-order valence-corrected chi connectivity index (χ4v) is 4.56. The van der Waals surface area contributed by atoms with Gasteiger partial charge in [0.05, 0.1) is 0 Å². The number of hydrogen-bond donors (Lipinski definition) is 0. The summed E-state index contributed by atoms with van der Waals surface area (Å²) < 4.78 is 2.04. The zero-order valence-electron chi connectivity index (χ0n) is 15.7. The quantitative estimate of drug-likeness (QED) is 0.842. The number of carbonyl (C=O) groups is 1. The lowest BCUT2D eigenvalue weighted by Gasteiger charge is -2.27. The summed E-state index contributed by atoms with van der Waals surface area (Å²) in [5.74, 6) is 0.169. The zero-order chi connectivity index (χ0) is 17.9. The van der Waals surface area contributed by atoms with Gasteiger partial charge in [0.1, 0.15) is 5.69 Å². The van der Waals surface area contributed by atoms with Crippen molar-refractivity contribution in [3.05, 3.63) is 48.2 Å². The molecule has 0 N–H and O–H groups in total. The molecule has 1 aliphatic carbocycles. The highest BCUT2D eigenvalue weighted by Gasteiger charge is 2.27. The third-order valence-electron chi connectivity index (χ3n) is 6.07. The van der Waals surface area contributed by atoms with Gasteiger partial charge in [-0.2, -0.15) is 0 Å². The molecule has 1 amide bonds. The molecule has 2 fully saturated rings. The number of carbonyl (C=O) groups excluding carboxylic acids is 1. The van der Waals surface area contributed by atoms with Crippen molar-refractivity contribution in [3.63, 3.8) is 0 Å². The lowest BCUT2D eigenvalue weighted by atomic mass is 10.2. The van der Waals surface area contributed by atoms with E-state index in [4.69, 9.17) is 0 Å². The Labute approximate surface area is 156 Å². The standard InChI is InChI=1S/C22H29N3O/c1-23-20(18-8-3-2-4-9-18)12-13-21(23)22(26)25-15-7-14-24(16-17-25)19-10-5-6-11-19/h2-4,8-9,12-13,19H,5-7,10-11,14-17H2,1H3. The summed E-state index contributed by atoms with van der Waals surface area (Å²) in [6, 6.07) is 15.1. The van der Waals surface area contributed by atoms with Gasteiger partial charge in [-0.3, -0.25) is 9.69 Å². The van der Waals surface area contributed by atoms with Crippen LogP contribution in [0.25, 0.3) is 11.3 Å². The summed E-state index contributed by atoms with van der Waals surface area (Å²) in [5, 5.41) is 0. The van der Waals surface area contributed by atoms with Crippen molar-refractivity contribution in [1.29, 1.82) is 0 Å². The highest BCUT2D eigenvalue weighted by Crippen LogP contribution is 2.25. The van der Waals surface area contributed by atoms with Gasteiger partial charge in [-0.15, -0.1) is 0 Å². The van der Waals surface area contributed by atoms with Gasteiger partial charge in [0.2, 0.25) is 0 Å². The number of rotatable bonds is 3. The lowest BCUT2D eigenvalue weighted by molar-refractivity contribution is 0.0749. The van der Waals surface area contributed by atoms with E-state index in [1.54, 1.807) is 0 Å². The fourth-order valence-electron chi connectivity index (χ4n) is 4.56. The van der Waals surface area contributed by atoms with Crippen molar-refractivity contribution in [3.8, 4) is 11.3 Å². The van der Waals surface area contributed by atoms with Gasteiger partial charge in [0.25, 0.3) is 5.91 Å². The Balaban J connectivity index is 1.47. The number of aromatic nitrogens is 1. The predicted molar refractivity (Wildman–Crippen MR) is 105 cm³/mol. The number of hydrogen-bond acceptors (Lipinski definition) is 2. The van der Waals surface area contributed by atoms with Crippen LogP contribution in [0.3, 0.4) is 0 Å². The van der Waals surface area contributed by atoms with E-state index in [-0.39, 0.29) is 5.91 Å². The van der Waals surface area contributed by atoms with E-state index >= 15 is 0 Å². The first-order valence-corrected chi connectivity index (χ1v) is 9.98. The van der Waals surface area contributed by atoms with Crippen LogP contribution in [0.1, 0.15) is 42.6 Å². The summed E-state index contributed by atoms with van der Waals surface area (Å²) >= 11 is 0. The highest BCUT2D eigenvalue weighted by molar-refractivity contribution is 5.94. The number of amides is 1. The van der Waals surface area contributed by atoms with Crippen LogP contribution in [0.5, 0.6) is 0 Å². The summed E-state index contributed by atoms with van der Waals surface area (Å²) in [6.07, 6.45) is 6.50. The molecule has 4 nitrogen and oxygen atoms in total. The maximum atomic E-state index is 13.1. The molecular formula is C22H29N3O. The van der Waals surface area contributed by atoms with Gasteiger partial charge < -0.3 is 9.47 Å². The molecule has 1 saturated heterocycles. The van der Waals surface area contributed by atoms with Crippen molar-refractivity contribution in [1.82, 2.24) is 14.4 Å². The molecule has 0 spiro atoms. The molecule has 1 saturated carbocycles. The van der Waals surface area contributed by atoms with Crippen LogP contribution < -0.4 is 0 Å². The van der Waals surface area contributed by atoms with Crippen LogP contribution in [-0.2, 0) is 7.05 Å². The van der Waals surface area contributed by atoms with Gasteiger partial charge in [-0.1, -0.05) is 43.2 Å². The van der Waals surface area contributed by atoms with Crippen LogP contribution in [0.2, 0.25) is 0 Å². The third kappa shape index (κ3) is 3.43. The van der Waals surface area contributed by atoms with Crippen molar-refractivity contribution in [2.24, 2.45) is 7.05 Å². The molecule has 138 valence electrons. The Hall–Kier alpha value is -2.07. The zero-order valence-corrected chi connectivity index (χ0v) is 15.7. The molecule has 2 heterocycles. The summed E-state index contributed by atoms with van der Waals surface area (Å²) in [6.45, 7) is 3.87. The monoisotopic (exact) mass is 351 g/mol. The normalized spacial score (nSPS) is 19.7. The first-order valence-electron chi connectivity index (χ1n) is 9.98. The average Bonchev–Trinajstić information content (AvgIpc) is 3.26. The first kappa shape index (κ1) is 17.3. The maximum Gasteiger partial charge on any atom is 0.270 e. The molecule has 1 aromatic carbocycles. The first-order chi connectivity index (χ1) is 12.7. The second-order valence-electron chi connectivity index (χ2n) is 7.65.